The molecule has 0 atom stereocenters. The summed E-state index contributed by atoms with van der Waals surface area (Å²) >= 11 is 13.0. The van der Waals surface area contributed by atoms with E-state index in [1.165, 1.54) is 0 Å². The van der Waals surface area contributed by atoms with Crippen LogP contribution in [0.15, 0.2) is 55.0 Å². The predicted molar refractivity (Wildman–Crippen MR) is 118 cm³/mol. The average molecular weight is 429 g/mol. The van der Waals surface area contributed by atoms with E-state index in [2.05, 4.69) is 26.3 Å². The number of hydrogen-bond donors (Lipinski definition) is 1. The summed E-state index contributed by atoms with van der Waals surface area (Å²) in [7, 11) is 0. The van der Waals surface area contributed by atoms with Gasteiger partial charge in [0.15, 0.2) is 5.75 Å². The van der Waals surface area contributed by atoms with Crippen LogP contribution in [0.4, 0.5) is 5.82 Å². The molecule has 4 rings (SSSR count). The van der Waals surface area contributed by atoms with Crippen LogP contribution in [0.1, 0.15) is 5.56 Å². The first-order chi connectivity index (χ1) is 14.2. The van der Waals surface area contributed by atoms with Crippen LogP contribution in [0.2, 0.25) is 10.0 Å². The van der Waals surface area contributed by atoms with Gasteiger partial charge in [-0.3, -0.25) is 4.98 Å². The lowest BCUT2D eigenvalue weighted by molar-refractivity contribution is 0.322. The number of pyridine rings is 2. The Morgan fingerprint density at radius 1 is 1.00 bits per heavy atom. The van der Waals surface area contributed by atoms with Crippen LogP contribution in [0.25, 0.3) is 11.1 Å². The molecule has 0 radical (unpaired) electrons. The number of ether oxygens (including phenoxy) is 1. The van der Waals surface area contributed by atoms with Crippen LogP contribution >= 0.6 is 23.2 Å². The maximum Gasteiger partial charge on any atom is 0.156 e. The molecule has 2 aromatic heterocycles. The van der Waals surface area contributed by atoms with Crippen molar-refractivity contribution in [1.29, 1.82) is 0 Å². The first-order valence-electron chi connectivity index (χ1n) is 9.63. The molecule has 1 saturated heterocycles. The Kier molecular flexibility index (Phi) is 6.49. The van der Waals surface area contributed by atoms with Crippen molar-refractivity contribution in [2.75, 3.05) is 37.7 Å². The summed E-state index contributed by atoms with van der Waals surface area (Å²) in [4.78, 5) is 10.9. The number of piperazine rings is 1. The van der Waals surface area contributed by atoms with Gasteiger partial charge in [-0.05, 0) is 47.0 Å². The van der Waals surface area contributed by atoms with Crippen molar-refractivity contribution < 1.29 is 4.74 Å². The zero-order chi connectivity index (χ0) is 20.1. The minimum absolute atomic E-state index is 0.479. The van der Waals surface area contributed by atoms with Gasteiger partial charge < -0.3 is 15.0 Å². The Hall–Kier alpha value is -2.34. The van der Waals surface area contributed by atoms with Crippen molar-refractivity contribution in [3.8, 4) is 16.9 Å². The molecule has 0 bridgehead atoms. The quantitative estimate of drug-likeness (QED) is 0.626. The maximum atomic E-state index is 6.50. The first-order valence-corrected chi connectivity index (χ1v) is 10.4. The number of halogens is 2. The summed E-state index contributed by atoms with van der Waals surface area (Å²) in [6.07, 6.45) is 6.14. The maximum absolute atomic E-state index is 6.50. The van der Waals surface area contributed by atoms with Gasteiger partial charge in [-0.2, -0.15) is 0 Å². The fourth-order valence-electron chi connectivity index (χ4n) is 3.35. The normalized spacial score (nSPS) is 14.1. The molecule has 1 aliphatic heterocycles. The topological polar surface area (TPSA) is 50.3 Å². The highest BCUT2D eigenvalue weighted by Gasteiger charge is 2.15. The van der Waals surface area contributed by atoms with Crippen LogP contribution in [0.3, 0.4) is 0 Å². The van der Waals surface area contributed by atoms with E-state index in [0.29, 0.717) is 22.4 Å². The molecular formula is C22H22Cl2N4O. The second-order valence-electron chi connectivity index (χ2n) is 6.87. The third kappa shape index (κ3) is 4.99. The molecule has 1 aromatic carbocycles. The van der Waals surface area contributed by atoms with Gasteiger partial charge in [-0.1, -0.05) is 29.3 Å². The van der Waals surface area contributed by atoms with E-state index in [1.807, 2.05) is 42.7 Å². The standard InChI is InChI=1S/C22H22Cl2N4O/c23-19-12-18(17-3-6-27-21(14-17)28-9-7-25-8-10-28)13-20(24)22(19)29-11-4-16-2-1-5-26-15-16/h1-3,5-6,12-15,25H,4,7-11H2. The molecule has 3 heterocycles. The van der Waals surface area contributed by atoms with Gasteiger partial charge in [-0.15, -0.1) is 0 Å². The number of aromatic nitrogens is 2. The number of hydrogen-bond acceptors (Lipinski definition) is 5. The summed E-state index contributed by atoms with van der Waals surface area (Å²) in [6, 6.07) is 11.8. The van der Waals surface area contributed by atoms with Gasteiger partial charge >= 0.3 is 0 Å². The minimum atomic E-state index is 0.479. The van der Waals surface area contributed by atoms with E-state index in [0.717, 1.165) is 55.1 Å². The Labute approximate surface area is 180 Å². The molecular weight excluding hydrogens is 407 g/mol. The van der Waals surface area contributed by atoms with Gasteiger partial charge in [0.1, 0.15) is 5.82 Å². The highest BCUT2D eigenvalue weighted by atomic mass is 35.5. The number of benzene rings is 1. The zero-order valence-electron chi connectivity index (χ0n) is 15.9. The molecule has 0 amide bonds. The molecule has 0 aliphatic carbocycles. The Morgan fingerprint density at radius 3 is 2.52 bits per heavy atom. The Bertz CT molecular complexity index is 939. The van der Waals surface area contributed by atoms with Crippen molar-refractivity contribution in [2.24, 2.45) is 0 Å². The lowest BCUT2D eigenvalue weighted by Crippen LogP contribution is -2.43. The van der Waals surface area contributed by atoms with E-state index in [4.69, 9.17) is 27.9 Å². The summed E-state index contributed by atoms with van der Waals surface area (Å²) < 4.78 is 5.86. The number of nitrogens with one attached hydrogen (secondary N) is 1. The monoisotopic (exact) mass is 428 g/mol. The first kappa shape index (κ1) is 20.0. The molecule has 29 heavy (non-hydrogen) atoms. The lowest BCUT2D eigenvalue weighted by Gasteiger charge is -2.28. The molecule has 0 saturated carbocycles. The van der Waals surface area contributed by atoms with Crippen molar-refractivity contribution in [1.82, 2.24) is 15.3 Å². The van der Waals surface area contributed by atoms with Crippen LogP contribution in [-0.4, -0.2) is 42.8 Å². The molecule has 5 nitrogen and oxygen atoms in total. The van der Waals surface area contributed by atoms with Crippen molar-refractivity contribution >= 4 is 29.0 Å². The molecule has 0 unspecified atom stereocenters. The van der Waals surface area contributed by atoms with Gasteiger partial charge in [0.2, 0.25) is 0 Å². The Morgan fingerprint density at radius 2 is 1.79 bits per heavy atom. The second kappa shape index (κ2) is 9.44. The summed E-state index contributed by atoms with van der Waals surface area (Å²) in [5, 5.41) is 4.36. The smallest absolute Gasteiger partial charge is 0.156 e. The van der Waals surface area contributed by atoms with Crippen LogP contribution < -0.4 is 15.0 Å². The SMILES string of the molecule is Clc1cc(-c2ccnc(N3CCNCC3)c2)cc(Cl)c1OCCc1cccnc1. The molecule has 1 fully saturated rings. The summed E-state index contributed by atoms with van der Waals surface area (Å²) in [6.45, 7) is 4.31. The van der Waals surface area contributed by atoms with E-state index >= 15 is 0 Å². The van der Waals surface area contributed by atoms with Crippen molar-refractivity contribution in [3.63, 3.8) is 0 Å². The largest absolute Gasteiger partial charge is 0.490 e. The summed E-state index contributed by atoms with van der Waals surface area (Å²) in [5.41, 5.74) is 3.08. The van der Waals surface area contributed by atoms with E-state index in [1.54, 1.807) is 6.20 Å². The number of anilines is 1. The molecule has 1 N–H and O–H groups in total. The fraction of sp³-hybridized carbons (Fsp3) is 0.273. The second-order valence-corrected chi connectivity index (χ2v) is 7.68. The predicted octanol–water partition coefficient (Wildman–Crippen LogP) is 4.48. The van der Waals surface area contributed by atoms with Gasteiger partial charge in [0.05, 0.1) is 16.7 Å². The molecule has 1 aliphatic rings. The fourth-order valence-corrected chi connectivity index (χ4v) is 3.94. The average Bonchev–Trinajstić information content (AvgIpc) is 2.77. The minimum Gasteiger partial charge on any atom is -0.490 e. The lowest BCUT2D eigenvalue weighted by atomic mass is 10.1. The van der Waals surface area contributed by atoms with Crippen molar-refractivity contribution in [3.05, 3.63) is 70.6 Å². The molecule has 7 heteroatoms. The van der Waals surface area contributed by atoms with Gasteiger partial charge in [-0.25, -0.2) is 4.98 Å². The number of rotatable bonds is 6. The Balaban J connectivity index is 1.49. The highest BCUT2D eigenvalue weighted by Crippen LogP contribution is 2.38. The van der Waals surface area contributed by atoms with Crippen LogP contribution in [-0.2, 0) is 6.42 Å². The highest BCUT2D eigenvalue weighted by molar-refractivity contribution is 6.37. The zero-order valence-corrected chi connectivity index (χ0v) is 17.5. The van der Waals surface area contributed by atoms with Crippen molar-refractivity contribution in [2.45, 2.75) is 6.42 Å². The van der Waals surface area contributed by atoms with Crippen LogP contribution in [0.5, 0.6) is 5.75 Å². The van der Waals surface area contributed by atoms with E-state index in [-0.39, 0.29) is 0 Å². The van der Waals surface area contributed by atoms with Crippen LogP contribution in [0, 0.1) is 0 Å². The van der Waals surface area contributed by atoms with Gasteiger partial charge in [0, 0.05) is 51.2 Å². The molecule has 3 aromatic rings. The molecule has 0 spiro atoms. The molecule has 150 valence electrons. The van der Waals surface area contributed by atoms with E-state index in [9.17, 15) is 0 Å². The summed E-state index contributed by atoms with van der Waals surface area (Å²) in [5.74, 6) is 1.48. The van der Waals surface area contributed by atoms with E-state index < -0.39 is 0 Å². The third-order valence-electron chi connectivity index (χ3n) is 4.88. The number of nitrogens with zero attached hydrogens (tertiary/aromatic N) is 3. The van der Waals surface area contributed by atoms with Gasteiger partial charge in [0.25, 0.3) is 0 Å². The third-order valence-corrected chi connectivity index (χ3v) is 5.44.